The third kappa shape index (κ3) is 2.25. The molecule has 0 amide bonds. The molecule has 98 valence electrons. The van der Waals surface area contributed by atoms with Crippen molar-refractivity contribution in [2.24, 2.45) is 0 Å². The van der Waals surface area contributed by atoms with Crippen molar-refractivity contribution < 1.29 is 0 Å². The van der Waals surface area contributed by atoms with Gasteiger partial charge in [0.1, 0.15) is 5.82 Å². The number of aromatic amines is 1. The lowest BCUT2D eigenvalue weighted by molar-refractivity contribution is 0.686. The van der Waals surface area contributed by atoms with Crippen molar-refractivity contribution in [3.05, 3.63) is 35.4 Å². The summed E-state index contributed by atoms with van der Waals surface area (Å²) in [6.07, 6.45) is 7.69. The minimum atomic E-state index is 0.652. The van der Waals surface area contributed by atoms with Crippen LogP contribution < -0.4 is 5.32 Å². The number of hydrogen-bond donors (Lipinski definition) is 2. The van der Waals surface area contributed by atoms with Gasteiger partial charge in [-0.2, -0.15) is 5.10 Å². The molecule has 2 N–H and O–H groups in total. The predicted molar refractivity (Wildman–Crippen MR) is 77.3 cm³/mol. The second kappa shape index (κ2) is 4.41. The summed E-state index contributed by atoms with van der Waals surface area (Å²) in [6.45, 7) is 0. The number of hydrogen-bond acceptors (Lipinski definition) is 2. The largest absolute Gasteiger partial charge is 0.366 e. The topological polar surface area (TPSA) is 40.7 Å². The van der Waals surface area contributed by atoms with E-state index in [9.17, 15) is 0 Å². The number of rotatable bonds is 3. The minimum Gasteiger partial charge on any atom is -0.366 e. The number of fused-ring (bicyclic) bond motifs is 1. The molecule has 2 aliphatic rings. The zero-order valence-corrected chi connectivity index (χ0v) is 11.1. The molecule has 1 fully saturated rings. The Labute approximate surface area is 113 Å². The van der Waals surface area contributed by atoms with Crippen molar-refractivity contribution in [3.63, 3.8) is 0 Å². The summed E-state index contributed by atoms with van der Waals surface area (Å²) in [6, 6.07) is 9.63. The summed E-state index contributed by atoms with van der Waals surface area (Å²) in [5, 5.41) is 10.9. The van der Waals surface area contributed by atoms with Gasteiger partial charge < -0.3 is 5.32 Å². The van der Waals surface area contributed by atoms with Gasteiger partial charge in [0, 0.05) is 12.1 Å². The molecule has 3 nitrogen and oxygen atoms in total. The van der Waals surface area contributed by atoms with Crippen molar-refractivity contribution in [2.75, 3.05) is 5.32 Å². The fraction of sp³-hybridized carbons (Fsp3) is 0.438. The number of aryl methyl sites for hydroxylation is 2. The Morgan fingerprint density at radius 3 is 2.74 bits per heavy atom. The molecule has 0 atom stereocenters. The van der Waals surface area contributed by atoms with Crippen molar-refractivity contribution in [2.45, 2.75) is 44.6 Å². The van der Waals surface area contributed by atoms with E-state index in [4.69, 9.17) is 0 Å². The van der Waals surface area contributed by atoms with Crippen molar-refractivity contribution in [1.82, 2.24) is 10.2 Å². The van der Waals surface area contributed by atoms with Crippen LogP contribution in [-0.2, 0) is 12.8 Å². The van der Waals surface area contributed by atoms with Crippen molar-refractivity contribution in [3.8, 4) is 11.3 Å². The van der Waals surface area contributed by atoms with Gasteiger partial charge in [0.2, 0.25) is 0 Å². The lowest BCUT2D eigenvalue weighted by atomic mass is 9.90. The Bertz CT molecular complexity index is 596. The zero-order chi connectivity index (χ0) is 12.7. The fourth-order valence-corrected chi connectivity index (χ4v) is 2.88. The van der Waals surface area contributed by atoms with E-state index in [1.807, 2.05) is 0 Å². The first kappa shape index (κ1) is 11.1. The molecule has 0 unspecified atom stereocenters. The monoisotopic (exact) mass is 253 g/mol. The zero-order valence-electron chi connectivity index (χ0n) is 11.1. The fourth-order valence-electron chi connectivity index (χ4n) is 2.88. The van der Waals surface area contributed by atoms with Gasteiger partial charge in [0.05, 0.1) is 5.69 Å². The van der Waals surface area contributed by atoms with Crippen LogP contribution in [0.15, 0.2) is 24.3 Å². The Morgan fingerprint density at radius 2 is 1.89 bits per heavy atom. The van der Waals surface area contributed by atoms with Gasteiger partial charge in [-0.05, 0) is 61.3 Å². The van der Waals surface area contributed by atoms with Gasteiger partial charge in [-0.1, -0.05) is 12.1 Å². The smallest absolute Gasteiger partial charge is 0.148 e. The van der Waals surface area contributed by atoms with Crippen LogP contribution in [0, 0.1) is 0 Å². The summed E-state index contributed by atoms with van der Waals surface area (Å²) >= 11 is 0. The summed E-state index contributed by atoms with van der Waals surface area (Å²) in [5.74, 6) is 0.982. The predicted octanol–water partition coefficient (Wildman–Crippen LogP) is 3.53. The van der Waals surface area contributed by atoms with Crippen molar-refractivity contribution >= 4 is 5.82 Å². The highest BCUT2D eigenvalue weighted by Gasteiger charge is 2.21. The van der Waals surface area contributed by atoms with Gasteiger partial charge >= 0.3 is 0 Å². The Kier molecular flexibility index (Phi) is 2.57. The number of nitrogens with zero attached hydrogens (tertiary/aromatic N) is 1. The number of H-pyrrole nitrogens is 1. The van der Waals surface area contributed by atoms with Crippen LogP contribution >= 0.6 is 0 Å². The van der Waals surface area contributed by atoms with E-state index in [0.29, 0.717) is 6.04 Å². The standard InChI is InChI=1S/C16H19N3/c1-2-4-12-9-13(6-5-11(12)3-1)15-10-16(19-18-15)17-14-7-8-14/h5-6,9-10,14H,1-4,7-8H2,(H2,17,18,19). The second-order valence-corrected chi connectivity index (χ2v) is 5.78. The SMILES string of the molecule is c1cc2c(cc1-c1cc(NC3CC3)n[nH]1)CCCC2. The van der Waals surface area contributed by atoms with Gasteiger partial charge in [-0.15, -0.1) is 0 Å². The highest BCUT2D eigenvalue weighted by molar-refractivity contribution is 5.64. The Hall–Kier alpha value is -1.77. The van der Waals surface area contributed by atoms with E-state index in [2.05, 4.69) is 39.8 Å². The highest BCUT2D eigenvalue weighted by Crippen LogP contribution is 2.29. The minimum absolute atomic E-state index is 0.652. The first-order chi connectivity index (χ1) is 9.38. The third-order valence-corrected chi connectivity index (χ3v) is 4.17. The van der Waals surface area contributed by atoms with Gasteiger partial charge in [0.25, 0.3) is 0 Å². The van der Waals surface area contributed by atoms with E-state index < -0.39 is 0 Å². The first-order valence-electron chi connectivity index (χ1n) is 7.32. The molecule has 1 saturated carbocycles. The molecule has 1 aromatic carbocycles. The molecular formula is C16H19N3. The van der Waals surface area contributed by atoms with Crippen LogP contribution in [0.3, 0.4) is 0 Å². The van der Waals surface area contributed by atoms with Crippen LogP contribution in [-0.4, -0.2) is 16.2 Å². The van der Waals surface area contributed by atoms with Gasteiger partial charge in [-0.3, -0.25) is 5.10 Å². The number of benzene rings is 1. The molecular weight excluding hydrogens is 234 g/mol. The van der Waals surface area contributed by atoms with Crippen LogP contribution in [0.2, 0.25) is 0 Å². The maximum Gasteiger partial charge on any atom is 0.148 e. The maximum atomic E-state index is 4.35. The summed E-state index contributed by atoms with van der Waals surface area (Å²) in [4.78, 5) is 0. The van der Waals surface area contributed by atoms with Crippen LogP contribution in [0.4, 0.5) is 5.82 Å². The van der Waals surface area contributed by atoms with Crippen LogP contribution in [0.5, 0.6) is 0 Å². The van der Waals surface area contributed by atoms with E-state index in [1.54, 1.807) is 0 Å². The van der Waals surface area contributed by atoms with E-state index in [0.717, 1.165) is 11.5 Å². The summed E-state index contributed by atoms with van der Waals surface area (Å²) in [7, 11) is 0. The Balaban J connectivity index is 1.61. The van der Waals surface area contributed by atoms with Gasteiger partial charge in [-0.25, -0.2) is 0 Å². The molecule has 0 radical (unpaired) electrons. The average Bonchev–Trinajstić information content (AvgIpc) is 3.14. The number of aromatic nitrogens is 2. The molecule has 2 aliphatic carbocycles. The molecule has 4 rings (SSSR count). The quantitative estimate of drug-likeness (QED) is 0.878. The highest BCUT2D eigenvalue weighted by atomic mass is 15.2. The summed E-state index contributed by atoms with van der Waals surface area (Å²) < 4.78 is 0. The molecule has 19 heavy (non-hydrogen) atoms. The number of anilines is 1. The van der Waals surface area contributed by atoms with E-state index in [1.165, 1.54) is 55.2 Å². The molecule has 0 spiro atoms. The van der Waals surface area contributed by atoms with E-state index in [-0.39, 0.29) is 0 Å². The second-order valence-electron chi connectivity index (χ2n) is 5.78. The van der Waals surface area contributed by atoms with E-state index >= 15 is 0 Å². The first-order valence-corrected chi connectivity index (χ1v) is 7.32. The molecule has 3 heteroatoms. The molecule has 1 heterocycles. The maximum absolute atomic E-state index is 4.35. The number of nitrogens with one attached hydrogen (secondary N) is 2. The molecule has 1 aromatic heterocycles. The molecule has 2 aromatic rings. The van der Waals surface area contributed by atoms with Crippen molar-refractivity contribution in [1.29, 1.82) is 0 Å². The summed E-state index contributed by atoms with van der Waals surface area (Å²) in [5.41, 5.74) is 5.44. The van der Waals surface area contributed by atoms with Crippen LogP contribution in [0.25, 0.3) is 11.3 Å². The average molecular weight is 253 g/mol. The Morgan fingerprint density at radius 1 is 1.05 bits per heavy atom. The van der Waals surface area contributed by atoms with Gasteiger partial charge in [0.15, 0.2) is 0 Å². The molecule has 0 saturated heterocycles. The lowest BCUT2D eigenvalue weighted by Crippen LogP contribution is -2.02. The molecule has 0 aliphatic heterocycles. The van der Waals surface area contributed by atoms with Crippen LogP contribution in [0.1, 0.15) is 36.8 Å². The third-order valence-electron chi connectivity index (χ3n) is 4.17. The lowest BCUT2D eigenvalue weighted by Gasteiger charge is -2.16. The normalized spacial score (nSPS) is 18.1. The molecule has 0 bridgehead atoms.